The summed E-state index contributed by atoms with van der Waals surface area (Å²) in [6.45, 7) is 0. The Bertz CT molecular complexity index is 4290. The van der Waals surface area contributed by atoms with Gasteiger partial charge in [0.1, 0.15) is 22.2 Å². The Hall–Kier alpha value is -9.21. The number of fused-ring (bicyclic) bond motifs is 6. The molecule has 0 aliphatic carbocycles. The van der Waals surface area contributed by atoms with Gasteiger partial charge in [0.15, 0.2) is 11.0 Å². The van der Waals surface area contributed by atoms with Crippen LogP contribution in [0.1, 0.15) is 33.5 Å². The zero-order chi connectivity index (χ0) is 54.1. The summed E-state index contributed by atoms with van der Waals surface area (Å²) in [5, 5.41) is 0.870. The molecule has 12 rings (SSSR count). The molecule has 334 valence electrons. The standard InChI is InChI=1S/C61H41N5O4/c67-60-58-56(49-19-9-11-21-54(49)69-60)63-35-45(65-58)29-23-38-31-39(24-30-46-36-64-57-50-20-10-12-22-55(50)70-61(68)59(57)66-46)33-44(32-38)47-17-7-8-18-48(47)52-37-62-53(43-15-5-2-6-16-43)34-51(52)42-27-25-41(26-28-42)40-13-3-1-4-14-40/h1-22,25-28,31-37H,23-24,29-30H2/i23D2,24D2,29D2,30D2. The van der Waals surface area contributed by atoms with E-state index in [0.29, 0.717) is 33.2 Å². The minimum atomic E-state index is -3.11. The van der Waals surface area contributed by atoms with Gasteiger partial charge in [-0.25, -0.2) is 19.6 Å². The lowest BCUT2D eigenvalue weighted by Gasteiger charge is -2.17. The summed E-state index contributed by atoms with van der Waals surface area (Å²) in [7, 11) is 0. The Morgan fingerprint density at radius 1 is 0.371 bits per heavy atom. The average Bonchev–Trinajstić information content (AvgIpc) is 3.66. The highest BCUT2D eigenvalue weighted by atomic mass is 16.4. The van der Waals surface area contributed by atoms with Crippen molar-refractivity contribution in [3.63, 3.8) is 0 Å². The van der Waals surface area contributed by atoms with Crippen LogP contribution in [0, 0.1) is 0 Å². The Morgan fingerprint density at radius 3 is 1.44 bits per heavy atom. The van der Waals surface area contributed by atoms with Crippen molar-refractivity contribution in [3.8, 4) is 55.8 Å². The van der Waals surface area contributed by atoms with Crippen LogP contribution in [0.15, 0.2) is 219 Å². The molecule has 0 unspecified atom stereocenters. The van der Waals surface area contributed by atoms with Crippen LogP contribution in [0.5, 0.6) is 0 Å². The minimum Gasteiger partial charge on any atom is -0.421 e. The number of rotatable bonds is 11. The van der Waals surface area contributed by atoms with E-state index in [1.807, 2.05) is 103 Å². The molecule has 0 radical (unpaired) electrons. The SMILES string of the molecule is [2H]C([2H])(c1cc(-c2ccccc2-c2cnc(-c3ccccc3)cc2-c2ccc(-c3ccccc3)cc2)cc(C([2H])([2H])C([2H])([2H])c2cnc3c(n2)c(=O)oc2ccccc23)c1)C([2H])([2H])c1cnc2c(n1)c(=O)oc1ccccc12. The number of pyridine rings is 1. The number of aryl methyl sites for hydroxylation is 4. The van der Waals surface area contributed by atoms with E-state index in [1.54, 1.807) is 66.9 Å². The predicted octanol–water partition coefficient (Wildman–Crippen LogP) is 13.1. The fourth-order valence-electron chi connectivity index (χ4n) is 8.69. The van der Waals surface area contributed by atoms with Crippen LogP contribution in [-0.4, -0.2) is 24.9 Å². The number of nitrogens with zero attached hydrogens (tertiary/aromatic N) is 5. The van der Waals surface area contributed by atoms with Crippen LogP contribution in [-0.2, 0) is 25.5 Å². The number of hydrogen-bond donors (Lipinski definition) is 0. The first-order valence-electron chi connectivity index (χ1n) is 26.4. The normalized spacial score (nSPS) is 14.0. The summed E-state index contributed by atoms with van der Waals surface area (Å²) in [5.41, 5.74) is 3.41. The van der Waals surface area contributed by atoms with E-state index in [4.69, 9.17) is 13.8 Å². The van der Waals surface area contributed by atoms with E-state index in [1.165, 1.54) is 12.1 Å². The van der Waals surface area contributed by atoms with Crippen molar-refractivity contribution in [1.82, 2.24) is 24.9 Å². The van der Waals surface area contributed by atoms with E-state index >= 15 is 0 Å². The molecule has 70 heavy (non-hydrogen) atoms. The molecule has 0 fully saturated rings. The summed E-state index contributed by atoms with van der Waals surface area (Å²) in [4.78, 5) is 49.1. The van der Waals surface area contributed by atoms with Crippen molar-refractivity contribution < 1.29 is 19.8 Å². The van der Waals surface area contributed by atoms with Gasteiger partial charge in [0.2, 0.25) is 0 Å². The summed E-state index contributed by atoms with van der Waals surface area (Å²) in [5.74, 6) is 0. The maximum Gasteiger partial charge on any atom is 0.364 e. The Labute approximate surface area is 412 Å². The Morgan fingerprint density at radius 2 is 0.857 bits per heavy atom. The van der Waals surface area contributed by atoms with Gasteiger partial charge < -0.3 is 8.83 Å². The lowest BCUT2D eigenvalue weighted by Crippen LogP contribution is -2.07. The summed E-state index contributed by atoms with van der Waals surface area (Å²) >= 11 is 0. The quantitative estimate of drug-likeness (QED) is 0.0921. The molecule has 0 N–H and O–H groups in total. The molecular weight excluding hydrogens is 867 g/mol. The summed E-state index contributed by atoms with van der Waals surface area (Å²) in [6.07, 6.45) is -8.54. The van der Waals surface area contributed by atoms with Crippen molar-refractivity contribution in [2.75, 3.05) is 0 Å². The van der Waals surface area contributed by atoms with E-state index in [-0.39, 0.29) is 38.8 Å². The van der Waals surface area contributed by atoms with Crippen LogP contribution in [0.4, 0.5) is 0 Å². The first kappa shape index (κ1) is 34.1. The smallest absolute Gasteiger partial charge is 0.364 e. The molecule has 0 spiro atoms. The van der Waals surface area contributed by atoms with Gasteiger partial charge in [0.25, 0.3) is 0 Å². The third kappa shape index (κ3) is 8.19. The molecule has 5 aromatic heterocycles. The Balaban J connectivity index is 1.05. The van der Waals surface area contributed by atoms with Gasteiger partial charge in [-0.3, -0.25) is 15.0 Å². The second-order valence-corrected chi connectivity index (χ2v) is 16.4. The molecule has 9 heteroatoms. The van der Waals surface area contributed by atoms with Crippen molar-refractivity contribution in [2.24, 2.45) is 0 Å². The molecule has 0 bridgehead atoms. The monoisotopic (exact) mass is 915 g/mol. The molecule has 0 aliphatic heterocycles. The average molecular weight is 916 g/mol. The van der Waals surface area contributed by atoms with Crippen LogP contribution in [0.2, 0.25) is 0 Å². The first-order valence-corrected chi connectivity index (χ1v) is 22.4. The first-order chi connectivity index (χ1) is 37.5. The molecule has 0 atom stereocenters. The maximum atomic E-state index is 13.3. The van der Waals surface area contributed by atoms with E-state index in [0.717, 1.165) is 46.3 Å². The fraction of sp³-hybridized carbons (Fsp3) is 0.0656. The fourth-order valence-corrected chi connectivity index (χ4v) is 8.69. The highest BCUT2D eigenvalue weighted by Crippen LogP contribution is 2.41. The van der Waals surface area contributed by atoms with Gasteiger partial charge in [-0.2, -0.15) is 0 Å². The van der Waals surface area contributed by atoms with Crippen LogP contribution in [0.25, 0.3) is 99.8 Å². The van der Waals surface area contributed by atoms with Gasteiger partial charge in [0.05, 0.1) is 17.1 Å². The highest BCUT2D eigenvalue weighted by Gasteiger charge is 2.18. The van der Waals surface area contributed by atoms with Crippen molar-refractivity contribution in [2.45, 2.75) is 25.5 Å². The number of aromatic nitrogens is 5. The van der Waals surface area contributed by atoms with E-state index in [2.05, 4.69) is 19.9 Å². The molecule has 0 aliphatic rings. The number of para-hydroxylation sites is 2. The molecule has 12 aromatic rings. The molecule has 0 amide bonds. The van der Waals surface area contributed by atoms with Gasteiger partial charge in [-0.15, -0.1) is 0 Å². The van der Waals surface area contributed by atoms with Crippen LogP contribution >= 0.6 is 0 Å². The van der Waals surface area contributed by atoms with Crippen molar-refractivity contribution >= 4 is 44.0 Å². The summed E-state index contributed by atoms with van der Waals surface area (Å²) < 4.78 is 88.0. The second-order valence-electron chi connectivity index (χ2n) is 16.4. The predicted molar refractivity (Wildman–Crippen MR) is 277 cm³/mol. The number of benzene rings is 7. The minimum absolute atomic E-state index is 0.124. The molecule has 0 saturated carbocycles. The lowest BCUT2D eigenvalue weighted by atomic mass is 9.87. The molecular formula is C61H41N5O4. The molecule has 5 heterocycles. The largest absolute Gasteiger partial charge is 0.421 e. The summed E-state index contributed by atoms with van der Waals surface area (Å²) in [6, 6.07) is 54.1. The van der Waals surface area contributed by atoms with Crippen molar-refractivity contribution in [3.05, 3.63) is 244 Å². The molecule has 9 nitrogen and oxygen atoms in total. The van der Waals surface area contributed by atoms with Crippen LogP contribution in [0.3, 0.4) is 0 Å². The van der Waals surface area contributed by atoms with Crippen molar-refractivity contribution in [1.29, 1.82) is 0 Å². The van der Waals surface area contributed by atoms with E-state index in [9.17, 15) is 20.6 Å². The lowest BCUT2D eigenvalue weighted by molar-refractivity contribution is 0.567. The third-order valence-corrected chi connectivity index (χ3v) is 12.0. The maximum absolute atomic E-state index is 13.3. The Kier molecular flexibility index (Phi) is 8.84. The van der Waals surface area contributed by atoms with Gasteiger partial charge in [-0.1, -0.05) is 152 Å². The zero-order valence-corrected chi connectivity index (χ0v) is 36.9. The zero-order valence-electron chi connectivity index (χ0n) is 44.9. The van der Waals surface area contributed by atoms with Gasteiger partial charge in [-0.05, 0) is 106 Å². The number of hydrogen-bond acceptors (Lipinski definition) is 9. The van der Waals surface area contributed by atoms with E-state index < -0.39 is 59.3 Å². The third-order valence-electron chi connectivity index (χ3n) is 12.0. The van der Waals surface area contributed by atoms with Gasteiger partial charge in [0, 0.05) is 51.5 Å². The van der Waals surface area contributed by atoms with Gasteiger partial charge >= 0.3 is 11.3 Å². The molecule has 7 aromatic carbocycles. The second kappa shape index (κ2) is 18.1. The molecule has 0 saturated heterocycles. The highest BCUT2D eigenvalue weighted by molar-refractivity contribution is 6.01. The van der Waals surface area contributed by atoms with Crippen LogP contribution < -0.4 is 11.3 Å². The topological polar surface area (TPSA) is 125 Å².